The molecule has 0 aliphatic heterocycles. The summed E-state index contributed by atoms with van der Waals surface area (Å²) in [4.78, 5) is 25.1. The third kappa shape index (κ3) is 3.16. The highest BCUT2D eigenvalue weighted by Crippen LogP contribution is 2.25. The lowest BCUT2D eigenvalue weighted by molar-refractivity contribution is 0.700. The van der Waals surface area contributed by atoms with Crippen molar-refractivity contribution in [2.75, 3.05) is 11.9 Å². The van der Waals surface area contributed by atoms with Crippen LogP contribution in [0.5, 0.6) is 0 Å². The number of hydrogen-bond acceptors (Lipinski definition) is 5. The molecule has 6 aromatic rings. The van der Waals surface area contributed by atoms with E-state index >= 15 is 0 Å². The van der Waals surface area contributed by atoms with Crippen molar-refractivity contribution >= 4 is 33.3 Å². The minimum absolute atomic E-state index is 0.0587. The Bertz CT molecular complexity index is 1690. The summed E-state index contributed by atoms with van der Waals surface area (Å²) in [5.41, 5.74) is 3.52. The highest BCUT2D eigenvalue weighted by molar-refractivity contribution is 5.89. The number of benzene rings is 2. The smallest absolute Gasteiger partial charge is 0.262 e. The van der Waals surface area contributed by atoms with Gasteiger partial charge in [0.05, 0.1) is 35.4 Å². The van der Waals surface area contributed by atoms with E-state index in [0.717, 1.165) is 33.4 Å². The number of aryl methyl sites for hydroxylation is 1. The second-order valence-corrected chi connectivity index (χ2v) is 8.23. The SMILES string of the molecule is CN(Cc1cnn(C)c1)c1nc(Cn2c(=O)c3ccccc3n3[nH]cc23)nc2ccccc12. The average Bonchev–Trinajstić information content (AvgIpc) is 3.21. The maximum Gasteiger partial charge on any atom is 0.262 e. The second kappa shape index (κ2) is 7.33. The van der Waals surface area contributed by atoms with Gasteiger partial charge in [-0.15, -0.1) is 0 Å². The number of fused-ring (bicyclic) bond motifs is 4. The lowest BCUT2D eigenvalue weighted by Gasteiger charge is -2.21. The van der Waals surface area contributed by atoms with Crippen molar-refractivity contribution < 1.29 is 0 Å². The monoisotopic (exact) mass is 438 g/mol. The van der Waals surface area contributed by atoms with Gasteiger partial charge in [-0.25, -0.2) is 14.5 Å². The maximum atomic E-state index is 13.3. The van der Waals surface area contributed by atoms with Crippen LogP contribution in [0.3, 0.4) is 0 Å². The largest absolute Gasteiger partial charge is 0.355 e. The molecule has 9 nitrogen and oxygen atoms in total. The second-order valence-electron chi connectivity index (χ2n) is 8.23. The molecule has 6 rings (SSSR count). The van der Waals surface area contributed by atoms with Crippen molar-refractivity contribution in [3.8, 4) is 0 Å². The number of rotatable bonds is 5. The molecule has 0 spiro atoms. The summed E-state index contributed by atoms with van der Waals surface area (Å²) < 4.78 is 5.42. The predicted octanol–water partition coefficient (Wildman–Crippen LogP) is 2.94. The molecular formula is C24H22N8O. The molecule has 0 fully saturated rings. The number of H-pyrrole nitrogens is 1. The van der Waals surface area contributed by atoms with Crippen molar-refractivity contribution in [1.29, 1.82) is 0 Å². The number of nitrogens with one attached hydrogen (secondary N) is 1. The Morgan fingerprint density at radius 3 is 2.58 bits per heavy atom. The molecule has 0 atom stereocenters. The normalized spacial score (nSPS) is 11.7. The number of aromatic nitrogens is 7. The van der Waals surface area contributed by atoms with E-state index in [4.69, 9.17) is 9.97 Å². The van der Waals surface area contributed by atoms with Gasteiger partial charge < -0.3 is 4.90 Å². The molecule has 9 heteroatoms. The number of hydrogen-bond donors (Lipinski definition) is 1. The molecular weight excluding hydrogens is 416 g/mol. The number of nitrogens with zero attached hydrogens (tertiary/aromatic N) is 7. The van der Waals surface area contributed by atoms with Crippen molar-refractivity contribution in [2.24, 2.45) is 7.05 Å². The summed E-state index contributed by atoms with van der Waals surface area (Å²) in [5.74, 6) is 1.41. The number of para-hydroxylation sites is 2. The van der Waals surface area contributed by atoms with E-state index in [1.54, 1.807) is 9.25 Å². The molecule has 0 aliphatic rings. The summed E-state index contributed by atoms with van der Waals surface area (Å²) >= 11 is 0. The quantitative estimate of drug-likeness (QED) is 0.447. The van der Waals surface area contributed by atoms with E-state index < -0.39 is 0 Å². The van der Waals surface area contributed by atoms with Crippen LogP contribution >= 0.6 is 0 Å². The Morgan fingerprint density at radius 2 is 1.82 bits per heavy atom. The first-order valence-electron chi connectivity index (χ1n) is 10.7. The van der Waals surface area contributed by atoms with Gasteiger partial charge in [-0.05, 0) is 24.3 Å². The molecule has 0 bridgehead atoms. The van der Waals surface area contributed by atoms with E-state index in [-0.39, 0.29) is 12.1 Å². The van der Waals surface area contributed by atoms with Gasteiger partial charge in [0.2, 0.25) is 0 Å². The summed E-state index contributed by atoms with van der Waals surface area (Å²) in [6.07, 6.45) is 5.68. The topological polar surface area (TPSA) is 89.0 Å². The molecule has 0 aliphatic carbocycles. The van der Waals surface area contributed by atoms with Gasteiger partial charge in [0, 0.05) is 37.8 Å². The van der Waals surface area contributed by atoms with Crippen LogP contribution in [0.1, 0.15) is 11.4 Å². The first kappa shape index (κ1) is 19.3. The van der Waals surface area contributed by atoms with Crippen LogP contribution in [0.25, 0.3) is 27.5 Å². The van der Waals surface area contributed by atoms with Crippen molar-refractivity contribution in [1.82, 2.24) is 33.9 Å². The van der Waals surface area contributed by atoms with Crippen LogP contribution in [0.2, 0.25) is 0 Å². The zero-order valence-electron chi connectivity index (χ0n) is 18.3. The van der Waals surface area contributed by atoms with Gasteiger partial charge >= 0.3 is 0 Å². The molecule has 0 radical (unpaired) electrons. The third-order valence-electron chi connectivity index (χ3n) is 5.92. The first-order chi connectivity index (χ1) is 16.1. The Morgan fingerprint density at radius 1 is 1.03 bits per heavy atom. The van der Waals surface area contributed by atoms with Crippen LogP contribution in [0, 0.1) is 0 Å². The van der Waals surface area contributed by atoms with Gasteiger partial charge in [-0.1, -0.05) is 24.3 Å². The minimum Gasteiger partial charge on any atom is -0.355 e. The van der Waals surface area contributed by atoms with E-state index in [1.807, 2.05) is 85.7 Å². The lowest BCUT2D eigenvalue weighted by Crippen LogP contribution is -2.27. The summed E-state index contributed by atoms with van der Waals surface area (Å²) in [6.45, 7) is 0.933. The van der Waals surface area contributed by atoms with E-state index in [1.165, 1.54) is 0 Å². The molecule has 4 heterocycles. The van der Waals surface area contributed by atoms with E-state index in [9.17, 15) is 4.79 Å². The van der Waals surface area contributed by atoms with Crippen LogP contribution < -0.4 is 10.5 Å². The van der Waals surface area contributed by atoms with Crippen molar-refractivity contribution in [3.05, 3.63) is 88.9 Å². The third-order valence-corrected chi connectivity index (χ3v) is 5.92. The molecule has 2 aromatic carbocycles. The number of aromatic amines is 1. The Labute approximate surface area is 188 Å². The number of anilines is 1. The fourth-order valence-electron chi connectivity index (χ4n) is 4.34. The van der Waals surface area contributed by atoms with Gasteiger partial charge in [-0.3, -0.25) is 19.1 Å². The van der Waals surface area contributed by atoms with E-state index in [0.29, 0.717) is 17.8 Å². The zero-order valence-corrected chi connectivity index (χ0v) is 18.3. The molecule has 33 heavy (non-hydrogen) atoms. The fraction of sp³-hybridized carbons (Fsp3) is 0.167. The Balaban J connectivity index is 1.46. The summed E-state index contributed by atoms with van der Waals surface area (Å²) in [5, 5.41) is 9.03. The molecule has 0 amide bonds. The lowest BCUT2D eigenvalue weighted by atomic mass is 10.2. The minimum atomic E-state index is -0.0587. The van der Waals surface area contributed by atoms with Crippen molar-refractivity contribution in [2.45, 2.75) is 13.1 Å². The first-order valence-corrected chi connectivity index (χ1v) is 10.7. The van der Waals surface area contributed by atoms with Gasteiger partial charge in [-0.2, -0.15) is 5.10 Å². The van der Waals surface area contributed by atoms with Crippen LogP contribution in [-0.4, -0.2) is 41.0 Å². The van der Waals surface area contributed by atoms with Gasteiger partial charge in [0.1, 0.15) is 5.82 Å². The molecule has 4 aromatic heterocycles. The fourth-order valence-corrected chi connectivity index (χ4v) is 4.34. The highest BCUT2D eigenvalue weighted by atomic mass is 16.1. The summed E-state index contributed by atoms with van der Waals surface area (Å²) in [7, 11) is 3.91. The molecule has 1 N–H and O–H groups in total. The Kier molecular flexibility index (Phi) is 4.29. The average molecular weight is 438 g/mol. The molecule has 0 saturated heterocycles. The van der Waals surface area contributed by atoms with E-state index in [2.05, 4.69) is 15.1 Å². The summed E-state index contributed by atoms with van der Waals surface area (Å²) in [6, 6.07) is 15.5. The molecule has 0 unspecified atom stereocenters. The van der Waals surface area contributed by atoms with Crippen LogP contribution in [0.4, 0.5) is 5.82 Å². The highest BCUT2D eigenvalue weighted by Gasteiger charge is 2.16. The van der Waals surface area contributed by atoms with Crippen LogP contribution in [-0.2, 0) is 20.1 Å². The maximum absolute atomic E-state index is 13.3. The standard InChI is InChI=1S/C24H22N8O/c1-29(13-16-11-25-30(2)14-16)23-17-7-3-5-9-19(17)27-21(28-23)15-31-22-12-26-32(22)20-10-6-4-8-18(20)24(31)33/h3-12,14,26H,13,15H2,1-2H3. The molecule has 164 valence electrons. The molecule has 0 saturated carbocycles. The van der Waals surface area contributed by atoms with Gasteiger partial charge in [0.25, 0.3) is 5.56 Å². The Hall–Kier alpha value is -4.40. The van der Waals surface area contributed by atoms with Gasteiger partial charge in [0.15, 0.2) is 11.5 Å². The predicted molar refractivity (Wildman–Crippen MR) is 127 cm³/mol. The van der Waals surface area contributed by atoms with Crippen molar-refractivity contribution in [3.63, 3.8) is 0 Å². The van der Waals surface area contributed by atoms with Crippen LogP contribution in [0.15, 0.2) is 71.9 Å². The zero-order chi connectivity index (χ0) is 22.5.